The fraction of sp³-hybridized carbons (Fsp3) is 0.526. The maximum atomic E-state index is 5.75. The van der Waals surface area contributed by atoms with E-state index in [0.717, 1.165) is 28.2 Å². The molecule has 2 aliphatic rings. The van der Waals surface area contributed by atoms with Gasteiger partial charge >= 0.3 is 0 Å². The van der Waals surface area contributed by atoms with Crippen molar-refractivity contribution >= 4 is 33.9 Å². The van der Waals surface area contributed by atoms with Gasteiger partial charge in [0.2, 0.25) is 0 Å². The molecule has 2 heterocycles. The lowest BCUT2D eigenvalue weighted by Crippen LogP contribution is -2.39. The SMILES string of the molecule is CC1(C)C[C@H]2C[C@@](C)(CN2C(=S)Nc2ccc3ncncc3c2)C1. The molecule has 24 heavy (non-hydrogen) atoms. The third-order valence-corrected chi connectivity index (χ3v) is 5.77. The molecule has 0 spiro atoms. The molecular formula is C19H24N4S. The third-order valence-electron chi connectivity index (χ3n) is 5.43. The lowest BCUT2D eigenvalue weighted by atomic mass is 9.65. The Morgan fingerprint density at radius 1 is 1.29 bits per heavy atom. The van der Waals surface area contributed by atoms with Crippen LogP contribution in [-0.2, 0) is 0 Å². The number of hydrogen-bond donors (Lipinski definition) is 1. The number of hydrogen-bond acceptors (Lipinski definition) is 3. The van der Waals surface area contributed by atoms with Crippen LogP contribution in [0.25, 0.3) is 10.9 Å². The summed E-state index contributed by atoms with van der Waals surface area (Å²) in [6.07, 6.45) is 7.17. The molecule has 0 amide bonds. The maximum absolute atomic E-state index is 5.75. The average molecular weight is 340 g/mol. The van der Waals surface area contributed by atoms with Gasteiger partial charge < -0.3 is 10.2 Å². The van der Waals surface area contributed by atoms with Gasteiger partial charge in [0.25, 0.3) is 0 Å². The van der Waals surface area contributed by atoms with Crippen molar-refractivity contribution in [1.29, 1.82) is 0 Å². The van der Waals surface area contributed by atoms with Crippen molar-refractivity contribution in [1.82, 2.24) is 14.9 Å². The molecular weight excluding hydrogens is 316 g/mol. The summed E-state index contributed by atoms with van der Waals surface area (Å²) in [4.78, 5) is 10.8. The highest BCUT2D eigenvalue weighted by Crippen LogP contribution is 2.52. The van der Waals surface area contributed by atoms with Crippen LogP contribution in [-0.4, -0.2) is 32.6 Å². The molecule has 1 N–H and O–H groups in total. The van der Waals surface area contributed by atoms with Crippen molar-refractivity contribution in [3.05, 3.63) is 30.7 Å². The van der Waals surface area contributed by atoms with E-state index < -0.39 is 0 Å². The average Bonchev–Trinajstić information content (AvgIpc) is 2.76. The number of nitrogens with zero attached hydrogens (tertiary/aromatic N) is 3. The summed E-state index contributed by atoms with van der Waals surface area (Å²) in [5, 5.41) is 5.31. The first-order valence-electron chi connectivity index (χ1n) is 8.61. The monoisotopic (exact) mass is 340 g/mol. The number of fused-ring (bicyclic) bond motifs is 3. The number of aromatic nitrogens is 2. The van der Waals surface area contributed by atoms with Crippen LogP contribution in [0.5, 0.6) is 0 Å². The first-order chi connectivity index (χ1) is 11.3. The van der Waals surface area contributed by atoms with Crippen molar-refractivity contribution in [2.24, 2.45) is 10.8 Å². The van der Waals surface area contributed by atoms with Crippen molar-refractivity contribution in [3.63, 3.8) is 0 Å². The van der Waals surface area contributed by atoms with Crippen molar-refractivity contribution < 1.29 is 0 Å². The highest BCUT2D eigenvalue weighted by atomic mass is 32.1. The zero-order valence-corrected chi connectivity index (χ0v) is 15.4. The van der Waals surface area contributed by atoms with Gasteiger partial charge in [-0.25, -0.2) is 9.97 Å². The molecule has 0 radical (unpaired) electrons. The predicted octanol–water partition coefficient (Wildman–Crippen LogP) is 4.23. The van der Waals surface area contributed by atoms with Crippen LogP contribution >= 0.6 is 12.2 Å². The van der Waals surface area contributed by atoms with Crippen LogP contribution in [0.4, 0.5) is 5.69 Å². The second-order valence-corrected chi connectivity index (χ2v) is 8.95. The molecule has 4 nitrogen and oxygen atoms in total. The van der Waals surface area contributed by atoms with Crippen LogP contribution in [0.15, 0.2) is 30.7 Å². The van der Waals surface area contributed by atoms with Crippen molar-refractivity contribution in [2.45, 2.75) is 46.1 Å². The highest BCUT2D eigenvalue weighted by Gasteiger charge is 2.50. The van der Waals surface area contributed by atoms with Gasteiger partial charge in [-0.15, -0.1) is 0 Å². The smallest absolute Gasteiger partial charge is 0.173 e. The highest BCUT2D eigenvalue weighted by molar-refractivity contribution is 7.80. The number of anilines is 1. The van der Waals surface area contributed by atoms with E-state index in [1.54, 1.807) is 6.33 Å². The summed E-state index contributed by atoms with van der Waals surface area (Å²) >= 11 is 5.75. The van der Waals surface area contributed by atoms with Gasteiger partial charge in [0.1, 0.15) is 6.33 Å². The Bertz CT molecular complexity index is 803. The molecule has 1 saturated heterocycles. The van der Waals surface area contributed by atoms with E-state index in [1.165, 1.54) is 19.3 Å². The van der Waals surface area contributed by atoms with E-state index in [-0.39, 0.29) is 0 Å². The summed E-state index contributed by atoms with van der Waals surface area (Å²) in [5.41, 5.74) is 2.75. The molecule has 1 saturated carbocycles. The van der Waals surface area contributed by atoms with E-state index >= 15 is 0 Å². The second kappa shape index (κ2) is 5.38. The Labute approximate surface area is 148 Å². The van der Waals surface area contributed by atoms with Crippen molar-refractivity contribution in [2.75, 3.05) is 11.9 Å². The Morgan fingerprint density at radius 3 is 2.96 bits per heavy atom. The largest absolute Gasteiger partial charge is 0.345 e. The fourth-order valence-electron chi connectivity index (χ4n) is 4.96. The Balaban J connectivity index is 1.54. The minimum Gasteiger partial charge on any atom is -0.345 e. The van der Waals surface area contributed by atoms with E-state index in [1.807, 2.05) is 18.3 Å². The Morgan fingerprint density at radius 2 is 2.12 bits per heavy atom. The Kier molecular flexibility index (Phi) is 3.53. The second-order valence-electron chi connectivity index (χ2n) is 8.57. The van der Waals surface area contributed by atoms with Crippen LogP contribution in [0, 0.1) is 10.8 Å². The topological polar surface area (TPSA) is 41.0 Å². The van der Waals surface area contributed by atoms with Crippen LogP contribution in [0.2, 0.25) is 0 Å². The summed E-state index contributed by atoms with van der Waals surface area (Å²) in [6.45, 7) is 8.25. The summed E-state index contributed by atoms with van der Waals surface area (Å²) in [5.74, 6) is 0. The van der Waals surface area contributed by atoms with E-state index in [2.05, 4.69) is 47.0 Å². The number of nitrogens with one attached hydrogen (secondary N) is 1. The first-order valence-corrected chi connectivity index (χ1v) is 9.02. The molecule has 2 bridgehead atoms. The van der Waals surface area contributed by atoms with Gasteiger partial charge in [0.15, 0.2) is 5.11 Å². The van der Waals surface area contributed by atoms with E-state index in [4.69, 9.17) is 12.2 Å². The number of benzene rings is 1. The molecule has 126 valence electrons. The molecule has 5 heteroatoms. The molecule has 2 atom stereocenters. The molecule has 1 aliphatic carbocycles. The van der Waals surface area contributed by atoms with Crippen LogP contribution < -0.4 is 5.32 Å². The maximum Gasteiger partial charge on any atom is 0.173 e. The molecule has 1 aromatic heterocycles. The van der Waals surface area contributed by atoms with Crippen LogP contribution in [0.1, 0.15) is 40.0 Å². The fourth-order valence-corrected chi connectivity index (χ4v) is 5.29. The zero-order valence-electron chi connectivity index (χ0n) is 14.5. The number of thiocarbonyl (C=S) groups is 1. The summed E-state index contributed by atoms with van der Waals surface area (Å²) < 4.78 is 0. The minimum atomic E-state index is 0.384. The van der Waals surface area contributed by atoms with E-state index in [0.29, 0.717) is 16.9 Å². The van der Waals surface area contributed by atoms with Gasteiger partial charge in [-0.2, -0.15) is 0 Å². The number of rotatable bonds is 1. The number of likely N-dealkylation sites (tertiary alicyclic amines) is 1. The zero-order chi connectivity index (χ0) is 16.9. The van der Waals surface area contributed by atoms with E-state index in [9.17, 15) is 0 Å². The van der Waals surface area contributed by atoms with Gasteiger partial charge in [0, 0.05) is 29.9 Å². The molecule has 0 unspecified atom stereocenters. The molecule has 4 rings (SSSR count). The predicted molar refractivity (Wildman–Crippen MR) is 102 cm³/mol. The third kappa shape index (κ3) is 2.86. The summed E-state index contributed by atoms with van der Waals surface area (Å²) in [6, 6.07) is 6.67. The summed E-state index contributed by atoms with van der Waals surface area (Å²) in [7, 11) is 0. The van der Waals surface area contributed by atoms with Gasteiger partial charge in [0.05, 0.1) is 5.52 Å². The van der Waals surface area contributed by atoms with Gasteiger partial charge in [-0.1, -0.05) is 20.8 Å². The quantitative estimate of drug-likeness (QED) is 0.787. The van der Waals surface area contributed by atoms with Gasteiger partial charge in [-0.3, -0.25) is 0 Å². The lowest BCUT2D eigenvalue weighted by molar-refractivity contribution is 0.132. The van der Waals surface area contributed by atoms with Crippen molar-refractivity contribution in [3.8, 4) is 0 Å². The molecule has 1 aliphatic heterocycles. The Hall–Kier alpha value is -1.75. The van der Waals surface area contributed by atoms with Crippen LogP contribution in [0.3, 0.4) is 0 Å². The molecule has 2 fully saturated rings. The standard InChI is InChI=1S/C19H24N4S/c1-18(2)7-15-8-19(3,10-18)11-23(15)17(24)22-14-4-5-16-13(6-14)9-20-12-21-16/h4-6,9,12,15H,7-8,10-11H2,1-3H3,(H,22,24)/t15-,19+/m0/s1. The molecule has 2 aromatic rings. The molecule has 1 aromatic carbocycles. The first kappa shape index (κ1) is 15.8. The normalized spacial score (nSPS) is 28.1. The minimum absolute atomic E-state index is 0.384. The van der Waals surface area contributed by atoms with Gasteiger partial charge in [-0.05, 0) is 60.5 Å². The lowest BCUT2D eigenvalue weighted by Gasteiger charge is -2.39.